The predicted molar refractivity (Wildman–Crippen MR) is 134 cm³/mol. The van der Waals surface area contributed by atoms with Crippen LogP contribution in [0.4, 0.5) is 27.6 Å². The third-order valence-electron chi connectivity index (χ3n) is 8.08. The van der Waals surface area contributed by atoms with Crippen molar-refractivity contribution >= 4 is 21.3 Å². The SMILES string of the molecule is N#CC1(CC(=O)[C@@H]2CC(F)(F)CC[C@H]2c2oc(CC(F)(F)F)nc2-c2ccc(N3CCS(=O)(=O)CC3)cc2)CC1. The lowest BCUT2D eigenvalue weighted by atomic mass is 9.71. The molecule has 3 aliphatic rings. The number of nitriles is 1. The molecule has 1 aromatic carbocycles. The van der Waals surface area contributed by atoms with Crippen LogP contribution in [-0.2, 0) is 21.1 Å². The zero-order chi connectivity index (χ0) is 28.9. The van der Waals surface area contributed by atoms with Crippen LogP contribution in [0, 0.1) is 22.7 Å². The number of anilines is 1. The molecule has 40 heavy (non-hydrogen) atoms. The van der Waals surface area contributed by atoms with Gasteiger partial charge >= 0.3 is 6.18 Å². The van der Waals surface area contributed by atoms with Gasteiger partial charge in [-0.05, 0) is 31.4 Å². The van der Waals surface area contributed by atoms with Crippen molar-refractivity contribution in [3.05, 3.63) is 35.9 Å². The van der Waals surface area contributed by atoms with E-state index < -0.39 is 70.1 Å². The van der Waals surface area contributed by atoms with Gasteiger partial charge in [0, 0.05) is 55.4 Å². The highest BCUT2D eigenvalue weighted by Gasteiger charge is 2.51. The highest BCUT2D eigenvalue weighted by molar-refractivity contribution is 7.91. The van der Waals surface area contributed by atoms with Gasteiger partial charge in [0.2, 0.25) is 11.8 Å². The fraction of sp³-hybridized carbons (Fsp3) is 0.593. The number of aromatic nitrogens is 1. The molecule has 2 aliphatic carbocycles. The van der Waals surface area contributed by atoms with Gasteiger partial charge in [-0.3, -0.25) is 4.79 Å². The fourth-order valence-electron chi connectivity index (χ4n) is 5.61. The van der Waals surface area contributed by atoms with E-state index in [0.717, 1.165) is 5.69 Å². The van der Waals surface area contributed by atoms with Crippen LogP contribution in [0.15, 0.2) is 28.7 Å². The van der Waals surface area contributed by atoms with Crippen LogP contribution in [0.5, 0.6) is 0 Å². The normalized spacial score (nSPS) is 25.2. The van der Waals surface area contributed by atoms with Gasteiger partial charge < -0.3 is 9.32 Å². The van der Waals surface area contributed by atoms with Crippen LogP contribution in [-0.4, -0.2) is 55.9 Å². The van der Waals surface area contributed by atoms with Crippen molar-refractivity contribution in [2.24, 2.45) is 11.3 Å². The summed E-state index contributed by atoms with van der Waals surface area (Å²) in [6, 6.07) is 8.70. The van der Waals surface area contributed by atoms with Crippen LogP contribution in [0.2, 0.25) is 0 Å². The standard InChI is InChI=1S/C27H28F5N3O4S/c28-26(29)6-5-19(20(13-26)21(36)14-25(16-33)7-8-25)24-23(34-22(39-24)15-27(30,31)32)17-1-3-18(4-2-17)35-9-11-40(37,38)12-10-35/h1-4,19-20H,5-15H2/t19-,20-/m1/s1. The third-order valence-corrected chi connectivity index (χ3v) is 9.69. The van der Waals surface area contributed by atoms with Crippen molar-refractivity contribution in [3.8, 4) is 17.3 Å². The molecule has 5 rings (SSSR count). The van der Waals surface area contributed by atoms with Gasteiger partial charge in [-0.2, -0.15) is 18.4 Å². The number of ketones is 1. The summed E-state index contributed by atoms with van der Waals surface area (Å²) >= 11 is 0. The molecule has 0 bridgehead atoms. The summed E-state index contributed by atoms with van der Waals surface area (Å²) in [7, 11) is -3.09. The molecule has 0 spiro atoms. The fourth-order valence-corrected chi connectivity index (χ4v) is 6.81. The molecule has 1 saturated heterocycles. The first-order valence-electron chi connectivity index (χ1n) is 13.1. The summed E-state index contributed by atoms with van der Waals surface area (Å²) in [5, 5.41) is 9.42. The Morgan fingerprint density at radius 2 is 1.77 bits per heavy atom. The summed E-state index contributed by atoms with van der Waals surface area (Å²) in [5.41, 5.74) is 0.306. The van der Waals surface area contributed by atoms with Crippen molar-refractivity contribution in [1.29, 1.82) is 5.26 Å². The van der Waals surface area contributed by atoms with Crippen molar-refractivity contribution in [1.82, 2.24) is 4.98 Å². The summed E-state index contributed by atoms with van der Waals surface area (Å²) in [5.74, 6) is -6.42. The minimum absolute atomic E-state index is 0.0117. The molecular weight excluding hydrogens is 557 g/mol. The Morgan fingerprint density at radius 3 is 2.35 bits per heavy atom. The van der Waals surface area contributed by atoms with E-state index in [1.807, 2.05) is 4.90 Å². The molecule has 0 unspecified atom stereocenters. The van der Waals surface area contributed by atoms with Gasteiger partial charge in [0.05, 0.1) is 23.0 Å². The lowest BCUT2D eigenvalue weighted by Crippen LogP contribution is -2.40. The van der Waals surface area contributed by atoms with Crippen molar-refractivity contribution < 1.29 is 39.6 Å². The second-order valence-corrected chi connectivity index (χ2v) is 13.4. The predicted octanol–water partition coefficient (Wildman–Crippen LogP) is 5.46. The van der Waals surface area contributed by atoms with E-state index in [0.29, 0.717) is 31.5 Å². The number of carbonyl (C=O) groups excluding carboxylic acids is 1. The van der Waals surface area contributed by atoms with E-state index in [9.17, 15) is 40.4 Å². The Hall–Kier alpha value is -3.01. The largest absolute Gasteiger partial charge is 0.444 e. The number of rotatable bonds is 7. The zero-order valence-corrected chi connectivity index (χ0v) is 22.3. The smallest absolute Gasteiger partial charge is 0.397 e. The molecule has 216 valence electrons. The van der Waals surface area contributed by atoms with Crippen LogP contribution in [0.1, 0.15) is 56.1 Å². The molecule has 7 nitrogen and oxygen atoms in total. The minimum atomic E-state index is -4.63. The topological polar surface area (TPSA) is 104 Å². The molecule has 0 radical (unpaired) electrons. The number of sulfone groups is 1. The summed E-state index contributed by atoms with van der Waals surface area (Å²) in [4.78, 5) is 19.2. The van der Waals surface area contributed by atoms with E-state index >= 15 is 0 Å². The second kappa shape index (κ2) is 10.1. The lowest BCUT2D eigenvalue weighted by molar-refractivity contribution is -0.134. The average molecular weight is 586 g/mol. The number of Topliss-reactive ketones (excluding diaryl/α,β-unsaturated/α-hetero) is 1. The molecule has 2 atom stereocenters. The number of halogens is 5. The quantitative estimate of drug-likeness (QED) is 0.398. The Bertz CT molecular complexity index is 1410. The zero-order valence-electron chi connectivity index (χ0n) is 21.5. The Morgan fingerprint density at radius 1 is 1.12 bits per heavy atom. The molecule has 2 saturated carbocycles. The first-order valence-corrected chi connectivity index (χ1v) is 14.9. The monoisotopic (exact) mass is 585 g/mol. The maximum absolute atomic E-state index is 14.5. The summed E-state index contributed by atoms with van der Waals surface area (Å²) in [6.45, 7) is 0.605. The Balaban J connectivity index is 1.48. The van der Waals surface area contributed by atoms with E-state index in [1.54, 1.807) is 24.3 Å². The third kappa shape index (κ3) is 6.32. The molecule has 13 heteroatoms. The van der Waals surface area contributed by atoms with Gasteiger partial charge in [-0.15, -0.1) is 0 Å². The number of nitrogens with zero attached hydrogens (tertiary/aromatic N) is 3. The maximum atomic E-state index is 14.5. The summed E-state index contributed by atoms with van der Waals surface area (Å²) in [6.07, 6.45) is -6.78. The highest BCUT2D eigenvalue weighted by atomic mass is 32.2. The van der Waals surface area contributed by atoms with E-state index in [2.05, 4.69) is 11.1 Å². The first kappa shape index (κ1) is 28.5. The minimum Gasteiger partial charge on any atom is -0.444 e. The van der Waals surface area contributed by atoms with Crippen molar-refractivity contribution in [2.75, 3.05) is 29.5 Å². The van der Waals surface area contributed by atoms with Gasteiger partial charge in [-0.25, -0.2) is 22.2 Å². The maximum Gasteiger partial charge on any atom is 0.397 e. The van der Waals surface area contributed by atoms with E-state index in [1.165, 1.54) is 0 Å². The lowest BCUT2D eigenvalue weighted by Gasteiger charge is -2.34. The molecule has 1 aliphatic heterocycles. The van der Waals surface area contributed by atoms with Crippen LogP contribution in [0.3, 0.4) is 0 Å². The Kier molecular flexibility index (Phi) is 7.21. The average Bonchev–Trinajstić information content (AvgIpc) is 3.53. The highest BCUT2D eigenvalue weighted by Crippen LogP contribution is 2.53. The van der Waals surface area contributed by atoms with Crippen molar-refractivity contribution in [3.63, 3.8) is 0 Å². The Labute approximate surface area is 228 Å². The summed E-state index contributed by atoms with van der Waals surface area (Å²) < 4.78 is 97.9. The number of benzene rings is 1. The molecule has 0 amide bonds. The number of hydrogen-bond donors (Lipinski definition) is 0. The van der Waals surface area contributed by atoms with Gasteiger partial charge in [0.15, 0.2) is 9.84 Å². The van der Waals surface area contributed by atoms with Crippen LogP contribution < -0.4 is 4.90 Å². The number of oxazole rings is 1. The first-order chi connectivity index (χ1) is 18.7. The number of alkyl halides is 5. The number of carbonyl (C=O) groups is 1. The van der Waals surface area contributed by atoms with Gasteiger partial charge in [0.1, 0.15) is 23.7 Å². The number of hydrogen-bond acceptors (Lipinski definition) is 7. The molecule has 3 fully saturated rings. The van der Waals surface area contributed by atoms with E-state index in [4.69, 9.17) is 4.42 Å². The van der Waals surface area contributed by atoms with Crippen LogP contribution >= 0.6 is 0 Å². The van der Waals surface area contributed by atoms with Gasteiger partial charge in [0.25, 0.3) is 0 Å². The van der Waals surface area contributed by atoms with Crippen molar-refractivity contribution in [2.45, 2.75) is 63.0 Å². The molecular formula is C27H28F5N3O4S. The molecule has 1 aromatic heterocycles. The molecule has 0 N–H and O–H groups in total. The van der Waals surface area contributed by atoms with E-state index in [-0.39, 0.29) is 35.8 Å². The molecule has 2 heterocycles. The molecule has 2 aromatic rings. The second-order valence-electron chi connectivity index (χ2n) is 11.1. The van der Waals surface area contributed by atoms with Crippen LogP contribution in [0.25, 0.3) is 11.3 Å². The van der Waals surface area contributed by atoms with Gasteiger partial charge in [-0.1, -0.05) is 12.1 Å².